The Bertz CT molecular complexity index is 799. The molecule has 2 aromatic heterocycles. The van der Waals surface area contributed by atoms with Gasteiger partial charge in [0.25, 0.3) is 0 Å². The molecule has 1 saturated heterocycles. The van der Waals surface area contributed by atoms with Crippen molar-refractivity contribution in [2.75, 3.05) is 5.75 Å². The van der Waals surface area contributed by atoms with E-state index in [0.29, 0.717) is 27.9 Å². The molecule has 2 aromatic rings. The summed E-state index contributed by atoms with van der Waals surface area (Å²) < 4.78 is 13.8. The molecule has 1 N–H and O–H groups in total. The molecule has 2 fully saturated rings. The molecule has 25 heavy (non-hydrogen) atoms. The van der Waals surface area contributed by atoms with Gasteiger partial charge in [-0.25, -0.2) is 15.0 Å². The van der Waals surface area contributed by atoms with Crippen LogP contribution in [0.4, 0.5) is 0 Å². The number of ether oxygens (including phenoxy) is 2. The first-order valence-corrected chi connectivity index (χ1v) is 9.82. The number of imidazole rings is 1. The van der Waals surface area contributed by atoms with Gasteiger partial charge in [-0.15, -0.1) is 0 Å². The summed E-state index contributed by atoms with van der Waals surface area (Å²) in [6.07, 6.45) is 2.08. The van der Waals surface area contributed by atoms with Crippen molar-refractivity contribution in [1.82, 2.24) is 19.5 Å². The number of aromatic nitrogens is 4. The zero-order chi connectivity index (χ0) is 17.8. The maximum absolute atomic E-state index is 10.4. The number of thioether (sulfide) groups is 1. The van der Waals surface area contributed by atoms with Crippen molar-refractivity contribution < 1.29 is 14.6 Å². The first-order valence-electron chi connectivity index (χ1n) is 8.46. The van der Waals surface area contributed by atoms with E-state index in [-0.39, 0.29) is 18.2 Å². The first-order chi connectivity index (χ1) is 11.9. The highest BCUT2D eigenvalue weighted by molar-refractivity contribution is 7.99. The van der Waals surface area contributed by atoms with E-state index in [2.05, 4.69) is 21.9 Å². The molecule has 4 rings (SSSR count). The summed E-state index contributed by atoms with van der Waals surface area (Å²) in [7, 11) is 0. The molecule has 3 heterocycles. The van der Waals surface area contributed by atoms with Crippen LogP contribution in [-0.4, -0.2) is 54.5 Å². The van der Waals surface area contributed by atoms with Gasteiger partial charge in [-0.1, -0.05) is 30.3 Å². The molecule has 136 valence electrons. The molecule has 1 aliphatic carbocycles. The zero-order valence-electron chi connectivity index (χ0n) is 14.3. The quantitative estimate of drug-likeness (QED) is 0.493. The standard InChI is InChI=1S/C16H21ClN4O3S/c1-4-5-25-15-19-13(17)10-14(20-15)21(7-18-10)8-6-9(22)12-11(8)23-16(2,3)24-12/h7-9,11-12,22H,4-6H2,1-3H3/t8-,9+,11+,12-/m1/s1. The smallest absolute Gasteiger partial charge is 0.191 e. The number of nitrogens with zero attached hydrogens (tertiary/aromatic N) is 4. The fourth-order valence-corrected chi connectivity index (χ4v) is 4.52. The van der Waals surface area contributed by atoms with Crippen molar-refractivity contribution in [3.8, 4) is 0 Å². The van der Waals surface area contributed by atoms with Crippen LogP contribution in [-0.2, 0) is 9.47 Å². The van der Waals surface area contributed by atoms with Crippen LogP contribution in [0.3, 0.4) is 0 Å². The lowest BCUT2D eigenvalue weighted by atomic mass is 10.2. The van der Waals surface area contributed by atoms with Gasteiger partial charge in [0.15, 0.2) is 21.7 Å². The molecule has 4 atom stereocenters. The monoisotopic (exact) mass is 384 g/mol. The molecule has 1 saturated carbocycles. The fraction of sp³-hybridized carbons (Fsp3) is 0.688. The van der Waals surface area contributed by atoms with E-state index in [4.69, 9.17) is 21.1 Å². The molecular formula is C16H21ClN4O3S. The molecule has 2 aliphatic rings. The Hall–Kier alpha value is -0.930. The van der Waals surface area contributed by atoms with Gasteiger partial charge in [-0.3, -0.25) is 0 Å². The topological polar surface area (TPSA) is 82.3 Å². The van der Waals surface area contributed by atoms with Crippen molar-refractivity contribution in [2.24, 2.45) is 0 Å². The van der Waals surface area contributed by atoms with Crippen LogP contribution in [0.25, 0.3) is 11.2 Å². The molecule has 9 heteroatoms. The molecule has 0 bridgehead atoms. The number of halogens is 1. The third-order valence-corrected chi connectivity index (χ3v) is 5.87. The Kier molecular flexibility index (Phi) is 4.44. The van der Waals surface area contributed by atoms with E-state index >= 15 is 0 Å². The van der Waals surface area contributed by atoms with Gasteiger partial charge >= 0.3 is 0 Å². The summed E-state index contributed by atoms with van der Waals surface area (Å²) in [5, 5.41) is 11.4. The van der Waals surface area contributed by atoms with E-state index in [1.54, 1.807) is 18.1 Å². The molecule has 0 spiro atoms. The van der Waals surface area contributed by atoms with E-state index in [0.717, 1.165) is 12.2 Å². The van der Waals surface area contributed by atoms with Crippen LogP contribution in [0.2, 0.25) is 5.15 Å². The van der Waals surface area contributed by atoms with Gasteiger partial charge in [-0.05, 0) is 26.7 Å². The minimum atomic E-state index is -0.708. The number of hydrogen-bond donors (Lipinski definition) is 1. The van der Waals surface area contributed by atoms with Crippen LogP contribution in [0.1, 0.15) is 39.7 Å². The van der Waals surface area contributed by atoms with Gasteiger partial charge < -0.3 is 19.1 Å². The van der Waals surface area contributed by atoms with E-state index in [9.17, 15) is 5.11 Å². The SMILES string of the molecule is CCCSc1nc(Cl)c2ncn([C@@H]3C[C@H](O)[C@H]4OC(C)(C)O[C@H]43)c2n1. The predicted molar refractivity (Wildman–Crippen MR) is 94.8 cm³/mol. The summed E-state index contributed by atoms with van der Waals surface area (Å²) in [4.78, 5) is 13.3. The van der Waals surface area contributed by atoms with Crippen molar-refractivity contribution in [3.63, 3.8) is 0 Å². The second-order valence-corrected chi connectivity index (χ2v) is 8.32. The molecule has 0 radical (unpaired) electrons. The predicted octanol–water partition coefficient (Wildman–Crippen LogP) is 2.81. The molecule has 0 unspecified atom stereocenters. The van der Waals surface area contributed by atoms with Crippen LogP contribution in [0.5, 0.6) is 0 Å². The lowest BCUT2D eigenvalue weighted by Gasteiger charge is -2.23. The average molecular weight is 385 g/mol. The lowest BCUT2D eigenvalue weighted by molar-refractivity contribution is -0.165. The number of rotatable bonds is 4. The van der Waals surface area contributed by atoms with Gasteiger partial charge in [-0.2, -0.15) is 0 Å². The molecule has 1 aliphatic heterocycles. The largest absolute Gasteiger partial charge is 0.390 e. The van der Waals surface area contributed by atoms with Gasteiger partial charge in [0.05, 0.1) is 18.5 Å². The Labute approximate surface area is 155 Å². The van der Waals surface area contributed by atoms with Crippen molar-refractivity contribution in [2.45, 2.75) is 68.9 Å². The fourth-order valence-electron chi connectivity index (χ4n) is 3.56. The van der Waals surface area contributed by atoms with E-state index in [1.165, 1.54) is 0 Å². The minimum Gasteiger partial charge on any atom is -0.390 e. The third kappa shape index (κ3) is 3.04. The second-order valence-electron chi connectivity index (χ2n) is 6.90. The third-order valence-electron chi connectivity index (χ3n) is 4.56. The van der Waals surface area contributed by atoms with Crippen LogP contribution >= 0.6 is 23.4 Å². The van der Waals surface area contributed by atoms with Gasteiger partial charge in [0.1, 0.15) is 17.7 Å². The summed E-state index contributed by atoms with van der Waals surface area (Å²) in [5.74, 6) is 0.216. The highest BCUT2D eigenvalue weighted by Gasteiger charge is 2.54. The van der Waals surface area contributed by atoms with Crippen molar-refractivity contribution >= 4 is 34.5 Å². The number of aliphatic hydroxyl groups is 1. The first kappa shape index (κ1) is 17.5. The summed E-state index contributed by atoms with van der Waals surface area (Å²) in [6.45, 7) is 5.83. The van der Waals surface area contributed by atoms with Crippen LogP contribution in [0, 0.1) is 0 Å². The Morgan fingerprint density at radius 2 is 2.12 bits per heavy atom. The minimum absolute atomic E-state index is 0.109. The summed E-state index contributed by atoms with van der Waals surface area (Å²) >= 11 is 7.87. The molecular weight excluding hydrogens is 364 g/mol. The highest BCUT2D eigenvalue weighted by Crippen LogP contribution is 2.44. The number of fused-ring (bicyclic) bond motifs is 2. The normalized spacial score (nSPS) is 30.9. The number of aliphatic hydroxyl groups excluding tert-OH is 1. The summed E-state index contributed by atoms with van der Waals surface area (Å²) in [5.41, 5.74) is 1.24. The maximum atomic E-state index is 10.4. The van der Waals surface area contributed by atoms with Crippen molar-refractivity contribution in [1.29, 1.82) is 0 Å². The average Bonchev–Trinajstić information content (AvgIpc) is 3.18. The van der Waals surface area contributed by atoms with Crippen LogP contribution in [0.15, 0.2) is 11.5 Å². The molecule has 7 nitrogen and oxygen atoms in total. The second kappa shape index (κ2) is 6.35. The van der Waals surface area contributed by atoms with Crippen molar-refractivity contribution in [3.05, 3.63) is 11.5 Å². The number of hydrogen-bond acceptors (Lipinski definition) is 7. The van der Waals surface area contributed by atoms with Gasteiger partial charge in [0.2, 0.25) is 0 Å². The molecule has 0 amide bonds. The van der Waals surface area contributed by atoms with E-state index < -0.39 is 11.9 Å². The van der Waals surface area contributed by atoms with Crippen LogP contribution < -0.4 is 0 Å². The zero-order valence-corrected chi connectivity index (χ0v) is 15.9. The highest BCUT2D eigenvalue weighted by atomic mass is 35.5. The maximum Gasteiger partial charge on any atom is 0.191 e. The Morgan fingerprint density at radius 3 is 2.88 bits per heavy atom. The molecule has 0 aromatic carbocycles. The summed E-state index contributed by atoms with van der Waals surface area (Å²) in [6, 6.07) is -0.109. The Morgan fingerprint density at radius 1 is 1.36 bits per heavy atom. The van der Waals surface area contributed by atoms with E-state index in [1.807, 2.05) is 18.4 Å². The van der Waals surface area contributed by atoms with Gasteiger partial charge in [0, 0.05) is 5.75 Å². The lowest BCUT2D eigenvalue weighted by Crippen LogP contribution is -2.28. The Balaban J connectivity index is 1.73.